The van der Waals surface area contributed by atoms with Crippen molar-refractivity contribution in [2.75, 3.05) is 6.26 Å². The molecule has 0 heterocycles. The summed E-state index contributed by atoms with van der Waals surface area (Å²) in [7, 11) is -3.64. The van der Waals surface area contributed by atoms with Crippen molar-refractivity contribution in [2.45, 2.75) is 89.9 Å². The molecule has 1 aliphatic carbocycles. The SMILES string of the molecule is CCCCC[C@H](O)C=C[C@H]1[C@H](O)CC(=O)[C@@H]1CC=CCCCC(C)OC(=O)NS(C)(=O)=O. The van der Waals surface area contributed by atoms with Crippen molar-refractivity contribution >= 4 is 21.9 Å². The summed E-state index contributed by atoms with van der Waals surface area (Å²) in [5.41, 5.74) is 0. The summed E-state index contributed by atoms with van der Waals surface area (Å²) in [6.45, 7) is 3.80. The maximum atomic E-state index is 12.3. The molecular formula is C23H39NO7S. The van der Waals surface area contributed by atoms with Crippen molar-refractivity contribution in [1.29, 1.82) is 0 Å². The van der Waals surface area contributed by atoms with Crippen molar-refractivity contribution in [2.24, 2.45) is 11.8 Å². The van der Waals surface area contributed by atoms with Gasteiger partial charge < -0.3 is 14.9 Å². The maximum Gasteiger partial charge on any atom is 0.421 e. The summed E-state index contributed by atoms with van der Waals surface area (Å²) in [6, 6.07) is 0. The predicted molar refractivity (Wildman–Crippen MR) is 123 cm³/mol. The van der Waals surface area contributed by atoms with E-state index in [0.29, 0.717) is 19.3 Å². The van der Waals surface area contributed by atoms with Crippen molar-refractivity contribution < 1.29 is 33.0 Å². The number of carbonyl (C=O) groups is 2. The van der Waals surface area contributed by atoms with Gasteiger partial charge in [0.05, 0.1) is 18.5 Å². The molecule has 8 nitrogen and oxygen atoms in total. The molecule has 0 radical (unpaired) electrons. The maximum absolute atomic E-state index is 12.3. The molecule has 1 aliphatic rings. The molecule has 0 aliphatic heterocycles. The summed E-state index contributed by atoms with van der Waals surface area (Å²) < 4.78 is 28.7. The molecule has 1 rings (SSSR count). The second kappa shape index (κ2) is 14.4. The minimum Gasteiger partial charge on any atom is -0.446 e. The number of unbranched alkanes of at least 4 members (excludes halogenated alkanes) is 3. The Bertz CT molecular complexity index is 747. The average Bonchev–Trinajstić information content (AvgIpc) is 2.94. The number of rotatable bonds is 14. The number of aliphatic hydroxyl groups excluding tert-OH is 2. The van der Waals surface area contributed by atoms with Crippen LogP contribution in [0.5, 0.6) is 0 Å². The molecule has 0 spiro atoms. The highest BCUT2D eigenvalue weighted by molar-refractivity contribution is 7.89. The van der Waals surface area contributed by atoms with Gasteiger partial charge in [-0.15, -0.1) is 0 Å². The van der Waals surface area contributed by atoms with Gasteiger partial charge >= 0.3 is 6.09 Å². The molecule has 1 saturated carbocycles. The highest BCUT2D eigenvalue weighted by atomic mass is 32.2. The molecule has 3 N–H and O–H groups in total. The van der Waals surface area contributed by atoms with Crippen LogP contribution in [0.15, 0.2) is 24.3 Å². The number of nitrogens with one attached hydrogen (secondary N) is 1. The second-order valence-corrected chi connectivity index (χ2v) is 10.3. The number of aliphatic hydroxyl groups is 2. The zero-order valence-corrected chi connectivity index (χ0v) is 20.2. The molecule has 0 aromatic carbocycles. The van der Waals surface area contributed by atoms with Crippen LogP contribution >= 0.6 is 0 Å². The Hall–Kier alpha value is -1.71. The third-order valence-electron chi connectivity index (χ3n) is 5.51. The fourth-order valence-electron chi connectivity index (χ4n) is 3.78. The first-order valence-electron chi connectivity index (χ1n) is 11.4. The normalized spacial score (nSPS) is 23.7. The Morgan fingerprint density at radius 2 is 1.97 bits per heavy atom. The molecule has 0 aromatic heterocycles. The monoisotopic (exact) mass is 473 g/mol. The van der Waals surface area contributed by atoms with E-state index in [1.54, 1.807) is 23.8 Å². The number of ether oxygens (including phenoxy) is 1. The topological polar surface area (TPSA) is 130 Å². The van der Waals surface area contributed by atoms with Gasteiger partial charge in [-0.25, -0.2) is 17.9 Å². The Morgan fingerprint density at radius 1 is 1.25 bits per heavy atom. The highest BCUT2D eigenvalue weighted by Crippen LogP contribution is 2.33. The fourth-order valence-corrected chi connectivity index (χ4v) is 4.14. The molecule has 184 valence electrons. The summed E-state index contributed by atoms with van der Waals surface area (Å²) in [5.74, 6) is -0.534. The Balaban J connectivity index is 2.39. The number of ketones is 1. The van der Waals surface area contributed by atoms with Gasteiger partial charge in [-0.1, -0.05) is 50.5 Å². The Kier molecular flexibility index (Phi) is 12.8. The largest absolute Gasteiger partial charge is 0.446 e. The molecule has 5 atom stereocenters. The van der Waals surface area contributed by atoms with Gasteiger partial charge in [0.2, 0.25) is 10.0 Å². The van der Waals surface area contributed by atoms with E-state index in [1.165, 1.54) is 0 Å². The Morgan fingerprint density at radius 3 is 2.62 bits per heavy atom. The van der Waals surface area contributed by atoms with Crippen LogP contribution in [-0.4, -0.2) is 55.1 Å². The van der Waals surface area contributed by atoms with E-state index in [0.717, 1.165) is 38.4 Å². The lowest BCUT2D eigenvalue weighted by Crippen LogP contribution is -2.32. The van der Waals surface area contributed by atoms with E-state index in [4.69, 9.17) is 4.74 Å². The van der Waals surface area contributed by atoms with E-state index in [-0.39, 0.29) is 24.0 Å². The van der Waals surface area contributed by atoms with Crippen LogP contribution in [0.25, 0.3) is 0 Å². The van der Waals surface area contributed by atoms with Crippen molar-refractivity contribution in [3.05, 3.63) is 24.3 Å². The molecule has 1 fully saturated rings. The van der Waals surface area contributed by atoms with Crippen LogP contribution in [0.4, 0.5) is 4.79 Å². The lowest BCUT2D eigenvalue weighted by Gasteiger charge is -2.16. The van der Waals surface area contributed by atoms with Gasteiger partial charge in [0.15, 0.2) is 0 Å². The summed E-state index contributed by atoms with van der Waals surface area (Å²) in [4.78, 5) is 23.7. The second-order valence-electron chi connectivity index (χ2n) is 8.60. The van der Waals surface area contributed by atoms with Crippen molar-refractivity contribution in [1.82, 2.24) is 4.72 Å². The summed E-state index contributed by atoms with van der Waals surface area (Å²) in [6.07, 6.45) is 12.1. The van der Waals surface area contributed by atoms with Crippen molar-refractivity contribution in [3.8, 4) is 0 Å². The number of carbonyl (C=O) groups excluding carboxylic acids is 2. The minimum absolute atomic E-state index is 0.0381. The van der Waals surface area contributed by atoms with Gasteiger partial charge in [-0.2, -0.15) is 0 Å². The molecule has 0 bridgehead atoms. The third kappa shape index (κ3) is 11.8. The van der Waals surface area contributed by atoms with Crippen LogP contribution in [0.2, 0.25) is 0 Å². The predicted octanol–water partition coefficient (Wildman–Crippen LogP) is 3.24. The van der Waals surface area contributed by atoms with E-state index in [1.807, 2.05) is 12.2 Å². The molecular weight excluding hydrogens is 434 g/mol. The molecule has 0 saturated heterocycles. The van der Waals surface area contributed by atoms with Crippen molar-refractivity contribution in [3.63, 3.8) is 0 Å². The molecule has 9 heteroatoms. The number of Topliss-reactive ketones (excluding diaryl/α,β-unsaturated/α-hetero) is 1. The standard InChI is InChI=1S/C23H39NO7S/c1-4-5-8-12-18(25)14-15-20-19(21(26)16-22(20)27)13-10-7-6-9-11-17(2)31-23(28)24-32(3,29)30/h7,10,14-15,17-20,22,25,27H,4-6,8-9,11-13,16H2,1-3H3,(H,24,28)/t17?,18-,19+,20+,22+/m0/s1. The zero-order chi connectivity index (χ0) is 24.1. The van der Waals surface area contributed by atoms with Gasteiger partial charge in [-0.3, -0.25) is 4.79 Å². The average molecular weight is 474 g/mol. The number of amides is 1. The fraction of sp³-hybridized carbons (Fsp3) is 0.739. The lowest BCUT2D eigenvalue weighted by atomic mass is 9.90. The zero-order valence-electron chi connectivity index (χ0n) is 19.4. The smallest absolute Gasteiger partial charge is 0.421 e. The number of allylic oxidation sites excluding steroid dienone is 2. The minimum atomic E-state index is -3.64. The van der Waals surface area contributed by atoms with E-state index in [2.05, 4.69) is 6.92 Å². The first-order chi connectivity index (χ1) is 15.0. The van der Waals surface area contributed by atoms with Crippen LogP contribution in [0, 0.1) is 11.8 Å². The highest BCUT2D eigenvalue weighted by Gasteiger charge is 2.39. The third-order valence-corrected chi connectivity index (χ3v) is 6.04. The van der Waals surface area contributed by atoms with E-state index < -0.39 is 34.4 Å². The van der Waals surface area contributed by atoms with E-state index in [9.17, 15) is 28.2 Å². The molecule has 32 heavy (non-hydrogen) atoms. The summed E-state index contributed by atoms with van der Waals surface area (Å²) >= 11 is 0. The molecule has 0 aromatic rings. The van der Waals surface area contributed by atoms with Gasteiger partial charge in [0.1, 0.15) is 11.9 Å². The van der Waals surface area contributed by atoms with Crippen LogP contribution in [-0.2, 0) is 19.6 Å². The van der Waals surface area contributed by atoms with Crippen LogP contribution < -0.4 is 4.72 Å². The number of sulfonamides is 1. The number of hydrogen-bond donors (Lipinski definition) is 3. The first-order valence-corrected chi connectivity index (χ1v) is 13.3. The van der Waals surface area contributed by atoms with Gasteiger partial charge in [0.25, 0.3) is 0 Å². The lowest BCUT2D eigenvalue weighted by molar-refractivity contribution is -0.121. The molecule has 1 amide bonds. The van der Waals surface area contributed by atoms with Gasteiger partial charge in [-0.05, 0) is 39.0 Å². The number of hydrogen-bond acceptors (Lipinski definition) is 7. The quantitative estimate of drug-likeness (QED) is 0.261. The van der Waals surface area contributed by atoms with Crippen LogP contribution in [0.1, 0.15) is 71.6 Å². The van der Waals surface area contributed by atoms with Crippen LogP contribution in [0.3, 0.4) is 0 Å². The Labute approximate surface area is 192 Å². The molecule has 1 unspecified atom stereocenters. The first kappa shape index (κ1) is 28.3. The van der Waals surface area contributed by atoms with E-state index >= 15 is 0 Å². The van der Waals surface area contributed by atoms with Gasteiger partial charge in [0, 0.05) is 18.3 Å². The summed E-state index contributed by atoms with van der Waals surface area (Å²) in [5, 5.41) is 20.3.